The lowest BCUT2D eigenvalue weighted by Gasteiger charge is -2.16. The molecule has 0 amide bonds. The predicted molar refractivity (Wildman–Crippen MR) is 87.2 cm³/mol. The Morgan fingerprint density at radius 2 is 1.52 bits per heavy atom. The van der Waals surface area contributed by atoms with E-state index in [2.05, 4.69) is 4.74 Å². The third kappa shape index (κ3) is 4.68. The van der Waals surface area contributed by atoms with Crippen LogP contribution in [-0.2, 0) is 9.53 Å². The molecule has 0 N–H and O–H groups in total. The summed E-state index contributed by atoms with van der Waals surface area (Å²) in [6.45, 7) is 1.11. The number of hydrogen-bond donors (Lipinski definition) is 0. The lowest BCUT2D eigenvalue weighted by Crippen LogP contribution is -2.31. The van der Waals surface area contributed by atoms with Crippen molar-refractivity contribution in [2.45, 2.75) is 19.3 Å². The minimum Gasteiger partial charge on any atom is -0.462 e. The molecule has 2 nitrogen and oxygen atoms in total. The monoisotopic (exact) mass is 352 g/mol. The molecule has 0 aliphatic heterocycles. The predicted octanol–water partition coefficient (Wildman–Crippen LogP) is 5.55. The van der Waals surface area contributed by atoms with Crippen molar-refractivity contribution in [2.75, 3.05) is 6.61 Å². The largest absolute Gasteiger partial charge is 0.462 e. The van der Waals surface area contributed by atoms with E-state index in [1.165, 1.54) is 19.1 Å². The van der Waals surface area contributed by atoms with Gasteiger partial charge < -0.3 is 4.74 Å². The highest BCUT2D eigenvalue weighted by Gasteiger charge is 2.42. The highest BCUT2D eigenvalue weighted by atomic mass is 19.3. The maximum Gasteiger partial charge on any atom is 0.377 e. The van der Waals surface area contributed by atoms with Crippen LogP contribution >= 0.6 is 0 Å². The first-order valence-electron chi connectivity index (χ1n) is 7.60. The van der Waals surface area contributed by atoms with E-state index in [0.717, 1.165) is 11.1 Å². The van der Waals surface area contributed by atoms with Crippen molar-refractivity contribution in [1.29, 1.82) is 0 Å². The average Bonchev–Trinajstić information content (AvgIpc) is 2.61. The first kappa shape index (κ1) is 18.7. The van der Waals surface area contributed by atoms with Gasteiger partial charge in [-0.3, -0.25) is 0 Å². The molecule has 0 radical (unpaired) electrons. The summed E-state index contributed by atoms with van der Waals surface area (Å²) in [5.74, 6) is -5.83. The quantitative estimate of drug-likeness (QED) is 0.503. The van der Waals surface area contributed by atoms with Crippen molar-refractivity contribution in [3.63, 3.8) is 0 Å². The normalized spacial score (nSPS) is 11.1. The van der Waals surface area contributed by atoms with Crippen LogP contribution in [0.2, 0.25) is 0 Å². The number of esters is 1. The van der Waals surface area contributed by atoms with E-state index in [9.17, 15) is 22.4 Å². The Morgan fingerprint density at radius 1 is 0.960 bits per heavy atom. The van der Waals surface area contributed by atoms with E-state index < -0.39 is 30.0 Å². The van der Waals surface area contributed by atoms with Crippen LogP contribution in [-0.4, -0.2) is 18.5 Å². The molecule has 0 fully saturated rings. The number of hydrogen-bond acceptors (Lipinski definition) is 2. The van der Waals surface area contributed by atoms with Gasteiger partial charge in [-0.25, -0.2) is 4.79 Å². The molecular weight excluding hydrogens is 336 g/mol. The molecule has 0 aromatic heterocycles. The topological polar surface area (TPSA) is 26.3 Å². The molecule has 0 aliphatic carbocycles. The molecule has 0 spiro atoms. The SMILES string of the molecule is CCOC(=O)C(F)(F)CC(=C(F)F)c1ccc(-c2ccccc2)cc1. The Kier molecular flexibility index (Phi) is 5.96. The molecule has 2 aromatic rings. The lowest BCUT2D eigenvalue weighted by molar-refractivity contribution is -0.170. The number of alkyl halides is 2. The highest BCUT2D eigenvalue weighted by molar-refractivity contribution is 5.82. The van der Waals surface area contributed by atoms with Crippen molar-refractivity contribution in [1.82, 2.24) is 0 Å². The number of carbonyl (C=O) groups is 1. The first-order chi connectivity index (χ1) is 11.8. The maximum atomic E-state index is 13.8. The third-order valence-corrected chi connectivity index (χ3v) is 3.54. The first-order valence-corrected chi connectivity index (χ1v) is 7.60. The van der Waals surface area contributed by atoms with Crippen LogP contribution < -0.4 is 0 Å². The summed E-state index contributed by atoms with van der Waals surface area (Å²) in [6.07, 6.45) is -3.67. The van der Waals surface area contributed by atoms with Crippen LogP contribution in [0.25, 0.3) is 16.7 Å². The van der Waals surface area contributed by atoms with E-state index in [4.69, 9.17) is 0 Å². The molecule has 2 rings (SSSR count). The fraction of sp³-hybridized carbons (Fsp3) is 0.211. The van der Waals surface area contributed by atoms with Gasteiger partial charge >= 0.3 is 11.9 Å². The Labute approximate surface area is 142 Å². The van der Waals surface area contributed by atoms with Crippen LogP contribution in [0.15, 0.2) is 60.7 Å². The van der Waals surface area contributed by atoms with Crippen molar-refractivity contribution in [3.05, 3.63) is 66.2 Å². The standard InChI is InChI=1S/C19H16F4O2/c1-2-25-18(24)19(22,23)12-16(17(20)21)15-10-8-14(9-11-15)13-6-4-3-5-7-13/h3-11H,2,12H2,1H3. The molecule has 0 unspecified atom stereocenters. The van der Waals surface area contributed by atoms with Crippen molar-refractivity contribution >= 4 is 11.5 Å². The fourth-order valence-corrected chi connectivity index (χ4v) is 2.30. The number of carbonyl (C=O) groups excluding carboxylic acids is 1. The van der Waals surface area contributed by atoms with Gasteiger partial charge in [0.15, 0.2) is 0 Å². The van der Waals surface area contributed by atoms with Crippen LogP contribution in [0.5, 0.6) is 0 Å². The van der Waals surface area contributed by atoms with Gasteiger partial charge in [0.25, 0.3) is 6.08 Å². The minimum atomic E-state index is -4.02. The van der Waals surface area contributed by atoms with Crippen LogP contribution in [0, 0.1) is 0 Å². The van der Waals surface area contributed by atoms with E-state index in [1.54, 1.807) is 12.1 Å². The Morgan fingerprint density at radius 3 is 2.04 bits per heavy atom. The van der Waals surface area contributed by atoms with Gasteiger partial charge in [0.2, 0.25) is 0 Å². The molecule has 0 aliphatic rings. The summed E-state index contributed by atoms with van der Waals surface area (Å²) in [5.41, 5.74) is 0.693. The van der Waals surface area contributed by atoms with Gasteiger partial charge in [-0.05, 0) is 23.6 Å². The molecule has 0 saturated heterocycles. The van der Waals surface area contributed by atoms with E-state index in [1.807, 2.05) is 30.3 Å². The molecule has 0 atom stereocenters. The molecular formula is C19H16F4O2. The molecule has 25 heavy (non-hydrogen) atoms. The summed E-state index contributed by atoms with van der Waals surface area (Å²) in [6, 6.07) is 15.0. The van der Waals surface area contributed by atoms with Crippen molar-refractivity contribution in [2.24, 2.45) is 0 Å². The lowest BCUT2D eigenvalue weighted by atomic mass is 9.97. The maximum absolute atomic E-state index is 13.8. The summed E-state index contributed by atoms with van der Waals surface area (Å²) < 4.78 is 58.2. The van der Waals surface area contributed by atoms with Gasteiger partial charge in [-0.2, -0.15) is 17.6 Å². The van der Waals surface area contributed by atoms with Gasteiger partial charge in [0.05, 0.1) is 13.0 Å². The highest BCUT2D eigenvalue weighted by Crippen LogP contribution is 2.34. The van der Waals surface area contributed by atoms with Crippen LogP contribution in [0.4, 0.5) is 17.6 Å². The molecule has 0 bridgehead atoms. The number of benzene rings is 2. The van der Waals surface area contributed by atoms with Gasteiger partial charge in [-0.15, -0.1) is 0 Å². The van der Waals surface area contributed by atoms with Crippen LogP contribution in [0.1, 0.15) is 18.9 Å². The fourth-order valence-electron chi connectivity index (χ4n) is 2.30. The molecule has 0 saturated carbocycles. The van der Waals surface area contributed by atoms with Gasteiger partial charge in [0.1, 0.15) is 0 Å². The number of rotatable bonds is 6. The Balaban J connectivity index is 2.27. The summed E-state index contributed by atoms with van der Waals surface area (Å²) in [5, 5.41) is 0. The smallest absolute Gasteiger partial charge is 0.377 e. The van der Waals surface area contributed by atoms with Gasteiger partial charge in [-0.1, -0.05) is 54.6 Å². The van der Waals surface area contributed by atoms with Gasteiger partial charge in [0, 0.05) is 5.57 Å². The van der Waals surface area contributed by atoms with Crippen molar-refractivity contribution in [3.8, 4) is 11.1 Å². The average molecular weight is 352 g/mol. The Hall–Kier alpha value is -2.63. The van der Waals surface area contributed by atoms with Crippen LogP contribution in [0.3, 0.4) is 0 Å². The second kappa shape index (κ2) is 7.96. The minimum absolute atomic E-state index is 0.0661. The second-order valence-electron chi connectivity index (χ2n) is 5.28. The second-order valence-corrected chi connectivity index (χ2v) is 5.28. The molecule has 2 aromatic carbocycles. The zero-order valence-corrected chi connectivity index (χ0v) is 13.4. The zero-order chi connectivity index (χ0) is 18.4. The van der Waals surface area contributed by atoms with E-state index in [-0.39, 0.29) is 12.2 Å². The summed E-state index contributed by atoms with van der Waals surface area (Å²) in [7, 11) is 0. The number of halogens is 4. The summed E-state index contributed by atoms with van der Waals surface area (Å²) >= 11 is 0. The number of allylic oxidation sites excluding steroid dienone is 1. The Bertz CT molecular complexity index is 749. The zero-order valence-electron chi connectivity index (χ0n) is 13.4. The summed E-state index contributed by atoms with van der Waals surface area (Å²) in [4.78, 5) is 11.3. The third-order valence-electron chi connectivity index (χ3n) is 3.54. The molecule has 0 heterocycles. The molecule has 6 heteroatoms. The number of ether oxygens (including phenoxy) is 1. The van der Waals surface area contributed by atoms with E-state index in [0.29, 0.717) is 0 Å². The van der Waals surface area contributed by atoms with Crippen molar-refractivity contribution < 1.29 is 27.1 Å². The molecule has 132 valence electrons. The van der Waals surface area contributed by atoms with E-state index >= 15 is 0 Å².